The predicted molar refractivity (Wildman–Crippen MR) is 128 cm³/mol. The highest BCUT2D eigenvalue weighted by atomic mass is 32.2. The van der Waals surface area contributed by atoms with Crippen molar-refractivity contribution >= 4 is 28.7 Å². The summed E-state index contributed by atoms with van der Waals surface area (Å²) in [5.74, 6) is -13.0. The summed E-state index contributed by atoms with van der Waals surface area (Å²) in [6.07, 6.45) is -1.66. The van der Waals surface area contributed by atoms with Gasteiger partial charge in [-0.05, 0) is 42.1 Å². The Morgan fingerprint density at radius 1 is 0.950 bits per heavy atom. The Balaban J connectivity index is 1.65. The molecule has 15 heteroatoms. The third-order valence-electron chi connectivity index (χ3n) is 5.63. The number of aromatic amines is 1. The first-order valence-electron chi connectivity index (χ1n) is 11.1. The molecule has 0 radical (unpaired) electrons. The van der Waals surface area contributed by atoms with Crippen molar-refractivity contribution in [2.24, 2.45) is 0 Å². The number of benzene rings is 2. The van der Waals surface area contributed by atoms with Gasteiger partial charge < -0.3 is 10.5 Å². The van der Waals surface area contributed by atoms with Crippen LogP contribution in [0, 0.1) is 36.0 Å². The zero-order valence-corrected chi connectivity index (χ0v) is 20.7. The molecule has 0 aliphatic heterocycles. The van der Waals surface area contributed by atoms with Crippen LogP contribution in [0.4, 0.5) is 40.8 Å². The topological polar surface area (TPSA) is 80.1 Å². The van der Waals surface area contributed by atoms with Crippen LogP contribution < -0.4 is 15.5 Å². The average molecular weight is 584 g/mol. The van der Waals surface area contributed by atoms with Gasteiger partial charge in [0.25, 0.3) is 0 Å². The third kappa shape index (κ3) is 4.87. The molecule has 40 heavy (non-hydrogen) atoms. The van der Waals surface area contributed by atoms with Gasteiger partial charge in [-0.1, -0.05) is 17.7 Å². The van der Waals surface area contributed by atoms with Crippen LogP contribution in [0.1, 0.15) is 11.1 Å². The number of rotatable bonds is 5. The Labute approximate surface area is 223 Å². The first-order chi connectivity index (χ1) is 18.8. The summed E-state index contributed by atoms with van der Waals surface area (Å²) in [6.45, 7) is 1.88. The molecule has 3 N–H and O–H groups in total. The number of anilines is 1. The van der Waals surface area contributed by atoms with Gasteiger partial charge in [0.2, 0.25) is 40.5 Å². The number of fused-ring (bicyclic) bond motifs is 1. The second-order valence-corrected chi connectivity index (χ2v) is 9.42. The Kier molecular flexibility index (Phi) is 6.77. The Hall–Kier alpha value is -4.40. The van der Waals surface area contributed by atoms with Gasteiger partial charge in [-0.2, -0.15) is 22.0 Å². The number of aryl methyl sites for hydroxylation is 1. The van der Waals surface area contributed by atoms with Gasteiger partial charge in [0.15, 0.2) is 5.65 Å². The highest BCUT2D eigenvalue weighted by Gasteiger charge is 2.33. The number of nitrogens with zero attached hydrogens (tertiary/aromatic N) is 3. The molecule has 0 bridgehead atoms. The number of nitrogens with two attached hydrogens (primary N) is 1. The van der Waals surface area contributed by atoms with Gasteiger partial charge >= 0.3 is 12.2 Å². The van der Waals surface area contributed by atoms with E-state index in [1.165, 1.54) is 10.2 Å². The number of aromatic nitrogens is 4. The number of nitrogen functional groups attached to an aromatic ring is 1. The number of hydrogen-bond acceptors (Lipinski definition) is 5. The molecule has 5 rings (SSSR count). The van der Waals surface area contributed by atoms with Crippen LogP contribution in [0.15, 0.2) is 53.8 Å². The van der Waals surface area contributed by atoms with E-state index >= 15 is 0 Å². The van der Waals surface area contributed by atoms with Crippen molar-refractivity contribution in [3.63, 3.8) is 0 Å². The van der Waals surface area contributed by atoms with Crippen LogP contribution in [0.2, 0.25) is 0 Å². The number of nitrogens with one attached hydrogen (secondary N) is 1. The van der Waals surface area contributed by atoms with Gasteiger partial charge in [-0.15, -0.1) is 0 Å². The Bertz CT molecular complexity index is 1740. The maximum Gasteiger partial charge on any atom is 0.502 e. The molecule has 2 aromatic carbocycles. The van der Waals surface area contributed by atoms with Crippen LogP contribution >= 0.6 is 11.9 Å². The van der Waals surface area contributed by atoms with E-state index in [0.29, 0.717) is 11.1 Å². The van der Waals surface area contributed by atoms with Crippen molar-refractivity contribution in [2.45, 2.75) is 18.0 Å². The molecule has 3 aromatic heterocycles. The van der Waals surface area contributed by atoms with E-state index in [1.807, 2.05) is 19.1 Å². The molecule has 0 amide bonds. The molecular formula is C25H14F8N5OS+. The molecule has 206 valence electrons. The Morgan fingerprint density at radius 3 is 2.20 bits per heavy atom. The number of ether oxygens (including phenoxy) is 1. The molecule has 3 heterocycles. The SMILES string of the molecule is Cc1ccc(Sn2cc(-c3nc(Oc4c(F)c(F)c(F)c(F)c4F)[nH+]cc3N)c3cc(C(F)(F)F)cnc32)cc1. The fourth-order valence-electron chi connectivity index (χ4n) is 3.65. The summed E-state index contributed by atoms with van der Waals surface area (Å²) in [5.41, 5.74) is 5.68. The molecule has 6 nitrogen and oxygen atoms in total. The normalized spacial score (nSPS) is 11.8. The van der Waals surface area contributed by atoms with Gasteiger partial charge in [0.1, 0.15) is 11.9 Å². The van der Waals surface area contributed by atoms with Crippen molar-refractivity contribution < 1.29 is 44.8 Å². The van der Waals surface area contributed by atoms with E-state index in [0.717, 1.165) is 29.8 Å². The number of hydrogen-bond donors (Lipinski definition) is 1. The summed E-state index contributed by atoms with van der Waals surface area (Å²) < 4.78 is 116. The molecule has 0 saturated carbocycles. The molecule has 0 aliphatic rings. The number of alkyl halides is 3. The summed E-state index contributed by atoms with van der Waals surface area (Å²) in [5, 5.41) is -0.0398. The third-order valence-corrected chi connectivity index (χ3v) is 6.58. The molecule has 0 spiro atoms. The highest BCUT2D eigenvalue weighted by Crippen LogP contribution is 2.39. The van der Waals surface area contributed by atoms with E-state index in [4.69, 9.17) is 10.5 Å². The molecule has 5 aromatic rings. The van der Waals surface area contributed by atoms with Crippen LogP contribution in [0.25, 0.3) is 22.3 Å². The second kappa shape index (κ2) is 9.97. The van der Waals surface area contributed by atoms with Gasteiger partial charge in [0.05, 0.1) is 11.1 Å². The van der Waals surface area contributed by atoms with Crippen molar-refractivity contribution in [3.8, 4) is 23.0 Å². The van der Waals surface area contributed by atoms with Crippen molar-refractivity contribution in [2.75, 3.05) is 5.73 Å². The highest BCUT2D eigenvalue weighted by molar-refractivity contribution is 7.98. The standard InChI is InChI=1S/C25H13F8N5OS/c1-10-2-4-12(5-3-10)40-38-9-14(13-6-11(25(31,32)33)7-35-23(13)38)21-15(34)8-36-24(37-21)39-22-19(29)17(27)16(26)18(28)20(22)30/h2-9H,34H2,1H3/p+1. The van der Waals surface area contributed by atoms with Gasteiger partial charge in [0, 0.05) is 22.7 Å². The molecule has 0 fully saturated rings. The first-order valence-corrected chi connectivity index (χ1v) is 11.8. The maximum absolute atomic E-state index is 14.2. The van der Waals surface area contributed by atoms with E-state index in [-0.39, 0.29) is 28.0 Å². The monoisotopic (exact) mass is 584 g/mol. The quantitative estimate of drug-likeness (QED) is 0.139. The smallest absolute Gasteiger partial charge is 0.392 e. The fraction of sp³-hybridized carbons (Fsp3) is 0.0800. The van der Waals surface area contributed by atoms with Crippen LogP contribution in [0.3, 0.4) is 0 Å². The minimum atomic E-state index is -4.74. The zero-order chi connectivity index (χ0) is 28.9. The van der Waals surface area contributed by atoms with Crippen molar-refractivity contribution in [1.82, 2.24) is 13.9 Å². The lowest BCUT2D eigenvalue weighted by atomic mass is 10.1. The Morgan fingerprint density at radius 2 is 1.57 bits per heavy atom. The average Bonchev–Trinajstić information content (AvgIpc) is 3.28. The summed E-state index contributed by atoms with van der Waals surface area (Å²) in [6, 6.07) is 7.30. The number of halogens is 8. The van der Waals surface area contributed by atoms with Crippen LogP contribution in [-0.4, -0.2) is 13.9 Å². The van der Waals surface area contributed by atoms with Crippen LogP contribution in [-0.2, 0) is 6.18 Å². The summed E-state index contributed by atoms with van der Waals surface area (Å²) in [4.78, 5) is 11.0. The van der Waals surface area contributed by atoms with E-state index in [1.54, 1.807) is 12.1 Å². The first kappa shape index (κ1) is 27.2. The van der Waals surface area contributed by atoms with Gasteiger partial charge in [-0.25, -0.2) is 23.1 Å². The van der Waals surface area contributed by atoms with E-state index < -0.39 is 52.6 Å². The van der Waals surface area contributed by atoms with Crippen molar-refractivity contribution in [3.05, 3.63) is 89.1 Å². The molecule has 0 saturated heterocycles. The van der Waals surface area contributed by atoms with E-state index in [2.05, 4.69) is 15.0 Å². The predicted octanol–water partition coefficient (Wildman–Crippen LogP) is 6.87. The zero-order valence-electron chi connectivity index (χ0n) is 19.9. The minimum absolute atomic E-state index is 0.0157. The lowest BCUT2D eigenvalue weighted by Crippen LogP contribution is -2.14. The largest absolute Gasteiger partial charge is 0.502 e. The van der Waals surface area contributed by atoms with E-state index in [9.17, 15) is 35.1 Å². The lowest BCUT2D eigenvalue weighted by molar-refractivity contribution is -0.395. The second-order valence-electron chi connectivity index (χ2n) is 8.38. The number of pyridine rings is 1. The maximum atomic E-state index is 14.2. The molecular weight excluding hydrogens is 570 g/mol. The molecule has 0 aliphatic carbocycles. The lowest BCUT2D eigenvalue weighted by Gasteiger charge is -2.07. The molecule has 0 atom stereocenters. The van der Waals surface area contributed by atoms with Crippen LogP contribution in [0.5, 0.6) is 11.8 Å². The summed E-state index contributed by atoms with van der Waals surface area (Å²) in [7, 11) is 0. The minimum Gasteiger partial charge on any atom is -0.392 e. The molecule has 0 unspecified atom stereocenters. The van der Waals surface area contributed by atoms with Crippen molar-refractivity contribution in [1.29, 1.82) is 0 Å². The fourth-order valence-corrected chi connectivity index (χ4v) is 4.53. The summed E-state index contributed by atoms with van der Waals surface area (Å²) >= 11 is 1.12. The number of H-pyrrole nitrogens is 1. The van der Waals surface area contributed by atoms with Gasteiger partial charge in [-0.3, -0.25) is 3.97 Å².